The average Bonchev–Trinajstić information content (AvgIpc) is 2.36. The molecule has 0 saturated carbocycles. The molecule has 1 rings (SSSR count). The predicted octanol–water partition coefficient (Wildman–Crippen LogP) is 2.40. The molecule has 0 bridgehead atoms. The summed E-state index contributed by atoms with van der Waals surface area (Å²) < 4.78 is 0. The second-order valence-electron chi connectivity index (χ2n) is 2.83. The largest absolute Gasteiger partial charge is 0.324 e. The Bertz CT molecular complexity index is 179. The summed E-state index contributed by atoms with van der Waals surface area (Å²) in [5.74, 6) is 0.537. The van der Waals surface area contributed by atoms with Crippen LogP contribution in [0.4, 0.5) is 0 Å². The minimum Gasteiger partial charge on any atom is -0.324 e. The van der Waals surface area contributed by atoms with Gasteiger partial charge in [0, 0.05) is 6.04 Å². The Morgan fingerprint density at radius 3 is 2.60 bits per heavy atom. The van der Waals surface area contributed by atoms with Gasteiger partial charge in [-0.25, -0.2) is 0 Å². The van der Waals surface area contributed by atoms with Crippen LogP contribution in [0.15, 0.2) is 16.8 Å². The summed E-state index contributed by atoms with van der Waals surface area (Å²) >= 11 is 1.71. The van der Waals surface area contributed by atoms with Crippen LogP contribution in [0.1, 0.15) is 25.5 Å². The van der Waals surface area contributed by atoms with Gasteiger partial charge in [-0.15, -0.1) is 0 Å². The van der Waals surface area contributed by atoms with Gasteiger partial charge in [0.1, 0.15) is 0 Å². The van der Waals surface area contributed by atoms with Crippen molar-refractivity contribution in [3.63, 3.8) is 0 Å². The maximum atomic E-state index is 5.89. The molecule has 0 aromatic carbocycles. The SMILES string of the molecule is CC(C)[C@H](N)c1ccsc1. The Balaban J connectivity index is 2.68. The molecule has 0 radical (unpaired) electrons. The molecule has 0 aliphatic rings. The molecule has 10 heavy (non-hydrogen) atoms. The number of thiophene rings is 1. The molecule has 56 valence electrons. The molecule has 0 aliphatic heterocycles. The minimum atomic E-state index is 0.214. The van der Waals surface area contributed by atoms with Gasteiger partial charge < -0.3 is 5.73 Å². The van der Waals surface area contributed by atoms with Crippen molar-refractivity contribution in [2.45, 2.75) is 19.9 Å². The third-order valence-electron chi connectivity index (χ3n) is 1.65. The molecule has 1 atom stereocenters. The summed E-state index contributed by atoms with van der Waals surface area (Å²) in [4.78, 5) is 0. The quantitative estimate of drug-likeness (QED) is 0.697. The van der Waals surface area contributed by atoms with E-state index in [1.807, 2.05) is 0 Å². The fraction of sp³-hybridized carbons (Fsp3) is 0.500. The van der Waals surface area contributed by atoms with Crippen LogP contribution in [-0.2, 0) is 0 Å². The topological polar surface area (TPSA) is 26.0 Å². The first kappa shape index (κ1) is 7.76. The summed E-state index contributed by atoms with van der Waals surface area (Å²) in [6.45, 7) is 4.28. The second-order valence-corrected chi connectivity index (χ2v) is 3.61. The van der Waals surface area contributed by atoms with E-state index in [4.69, 9.17) is 5.73 Å². The van der Waals surface area contributed by atoms with Crippen LogP contribution in [0.25, 0.3) is 0 Å². The molecule has 1 aromatic heterocycles. The van der Waals surface area contributed by atoms with E-state index in [0.717, 1.165) is 0 Å². The summed E-state index contributed by atoms with van der Waals surface area (Å²) in [5.41, 5.74) is 7.15. The van der Waals surface area contributed by atoms with Crippen molar-refractivity contribution in [3.8, 4) is 0 Å². The van der Waals surface area contributed by atoms with Crippen molar-refractivity contribution in [2.75, 3.05) is 0 Å². The normalized spacial score (nSPS) is 14.0. The third-order valence-corrected chi connectivity index (χ3v) is 2.35. The number of rotatable bonds is 2. The molecule has 1 nitrogen and oxygen atoms in total. The molecule has 1 aromatic rings. The van der Waals surface area contributed by atoms with Gasteiger partial charge in [-0.1, -0.05) is 13.8 Å². The first-order valence-corrected chi connectivity index (χ1v) is 4.43. The lowest BCUT2D eigenvalue weighted by Gasteiger charge is -2.12. The maximum absolute atomic E-state index is 5.89. The fourth-order valence-corrected chi connectivity index (χ4v) is 1.56. The van der Waals surface area contributed by atoms with Crippen molar-refractivity contribution in [3.05, 3.63) is 22.4 Å². The zero-order chi connectivity index (χ0) is 7.56. The Morgan fingerprint density at radius 2 is 2.20 bits per heavy atom. The molecule has 0 saturated heterocycles. The highest BCUT2D eigenvalue weighted by molar-refractivity contribution is 7.07. The molecule has 0 unspecified atom stereocenters. The van der Waals surface area contributed by atoms with Crippen LogP contribution in [0.5, 0.6) is 0 Å². The first-order valence-electron chi connectivity index (χ1n) is 3.49. The minimum absolute atomic E-state index is 0.214. The Morgan fingerprint density at radius 1 is 1.50 bits per heavy atom. The Kier molecular flexibility index (Phi) is 2.46. The fourth-order valence-electron chi connectivity index (χ4n) is 0.850. The first-order chi connectivity index (χ1) is 4.72. The van der Waals surface area contributed by atoms with Crippen LogP contribution in [0.3, 0.4) is 0 Å². The Labute approximate surface area is 65.9 Å². The van der Waals surface area contributed by atoms with E-state index in [1.165, 1.54) is 5.56 Å². The summed E-state index contributed by atoms with van der Waals surface area (Å²) in [5, 5.41) is 4.18. The van der Waals surface area contributed by atoms with E-state index >= 15 is 0 Å². The van der Waals surface area contributed by atoms with Gasteiger partial charge in [0.2, 0.25) is 0 Å². The van der Waals surface area contributed by atoms with E-state index < -0.39 is 0 Å². The molecular formula is C8H13NS. The van der Waals surface area contributed by atoms with Gasteiger partial charge in [0.05, 0.1) is 0 Å². The van der Waals surface area contributed by atoms with E-state index in [9.17, 15) is 0 Å². The van der Waals surface area contributed by atoms with E-state index in [1.54, 1.807) is 11.3 Å². The highest BCUT2D eigenvalue weighted by atomic mass is 32.1. The lowest BCUT2D eigenvalue weighted by Crippen LogP contribution is -2.15. The van der Waals surface area contributed by atoms with Crippen molar-refractivity contribution < 1.29 is 0 Å². The molecule has 0 amide bonds. The highest BCUT2D eigenvalue weighted by Gasteiger charge is 2.09. The third kappa shape index (κ3) is 1.58. The standard InChI is InChI=1S/C8H13NS/c1-6(2)8(9)7-3-4-10-5-7/h3-6,8H,9H2,1-2H3/t8-/m0/s1. The molecule has 2 heteroatoms. The smallest absolute Gasteiger partial charge is 0.0326 e. The molecule has 0 fully saturated rings. The van der Waals surface area contributed by atoms with Gasteiger partial charge in [-0.2, -0.15) is 11.3 Å². The van der Waals surface area contributed by atoms with E-state index in [2.05, 4.69) is 30.7 Å². The Hall–Kier alpha value is -0.340. The zero-order valence-corrected chi connectivity index (χ0v) is 7.19. The highest BCUT2D eigenvalue weighted by Crippen LogP contribution is 2.20. The molecule has 2 N–H and O–H groups in total. The monoisotopic (exact) mass is 155 g/mol. The summed E-state index contributed by atoms with van der Waals surface area (Å²) in [7, 11) is 0. The van der Waals surface area contributed by atoms with Crippen LogP contribution < -0.4 is 5.73 Å². The second kappa shape index (κ2) is 3.17. The van der Waals surface area contributed by atoms with Gasteiger partial charge >= 0.3 is 0 Å². The number of hydrogen-bond donors (Lipinski definition) is 1. The van der Waals surface area contributed by atoms with Crippen molar-refractivity contribution >= 4 is 11.3 Å². The molecule has 1 heterocycles. The lowest BCUT2D eigenvalue weighted by molar-refractivity contribution is 0.515. The lowest BCUT2D eigenvalue weighted by atomic mass is 10.0. The van der Waals surface area contributed by atoms with Crippen molar-refractivity contribution in [1.29, 1.82) is 0 Å². The maximum Gasteiger partial charge on any atom is 0.0326 e. The van der Waals surface area contributed by atoms with E-state index in [-0.39, 0.29) is 6.04 Å². The summed E-state index contributed by atoms with van der Waals surface area (Å²) in [6.07, 6.45) is 0. The number of hydrogen-bond acceptors (Lipinski definition) is 2. The van der Waals surface area contributed by atoms with E-state index in [0.29, 0.717) is 5.92 Å². The number of nitrogens with two attached hydrogens (primary N) is 1. The van der Waals surface area contributed by atoms with Crippen LogP contribution >= 0.6 is 11.3 Å². The molecule has 0 spiro atoms. The van der Waals surface area contributed by atoms with Crippen LogP contribution in [-0.4, -0.2) is 0 Å². The zero-order valence-electron chi connectivity index (χ0n) is 6.37. The summed E-state index contributed by atoms with van der Waals surface area (Å²) in [6, 6.07) is 2.31. The van der Waals surface area contributed by atoms with Gasteiger partial charge in [-0.05, 0) is 28.3 Å². The molecular weight excluding hydrogens is 142 g/mol. The van der Waals surface area contributed by atoms with Gasteiger partial charge in [0.15, 0.2) is 0 Å². The van der Waals surface area contributed by atoms with Gasteiger partial charge in [-0.3, -0.25) is 0 Å². The van der Waals surface area contributed by atoms with Crippen LogP contribution in [0.2, 0.25) is 0 Å². The van der Waals surface area contributed by atoms with Gasteiger partial charge in [0.25, 0.3) is 0 Å². The predicted molar refractivity (Wildman–Crippen MR) is 46.1 cm³/mol. The average molecular weight is 155 g/mol. The van der Waals surface area contributed by atoms with Crippen molar-refractivity contribution in [1.82, 2.24) is 0 Å². The molecule has 0 aliphatic carbocycles. The van der Waals surface area contributed by atoms with Crippen LogP contribution in [0, 0.1) is 5.92 Å². The van der Waals surface area contributed by atoms with Crippen molar-refractivity contribution in [2.24, 2.45) is 11.7 Å².